The lowest BCUT2D eigenvalue weighted by molar-refractivity contribution is -0.120. The lowest BCUT2D eigenvalue weighted by Crippen LogP contribution is -2.50. The van der Waals surface area contributed by atoms with E-state index in [0.29, 0.717) is 24.3 Å². The molecule has 0 bridgehead atoms. The lowest BCUT2D eigenvalue weighted by Gasteiger charge is -2.23. The highest BCUT2D eigenvalue weighted by molar-refractivity contribution is 5.90. The van der Waals surface area contributed by atoms with Crippen molar-refractivity contribution in [2.24, 2.45) is 0 Å². The van der Waals surface area contributed by atoms with E-state index in [1.807, 2.05) is 36.4 Å². The maximum Gasteiger partial charge on any atom is 0.316 e. The van der Waals surface area contributed by atoms with Gasteiger partial charge in [-0.3, -0.25) is 9.78 Å². The summed E-state index contributed by atoms with van der Waals surface area (Å²) < 4.78 is 20.2. The first-order valence-electron chi connectivity index (χ1n) is 11.2. The maximum atomic E-state index is 14.8. The van der Waals surface area contributed by atoms with Gasteiger partial charge in [-0.05, 0) is 42.2 Å². The van der Waals surface area contributed by atoms with Crippen LogP contribution in [0.25, 0.3) is 10.9 Å². The van der Waals surface area contributed by atoms with E-state index in [0.717, 1.165) is 35.0 Å². The molecule has 2 atom stereocenters. The van der Waals surface area contributed by atoms with Crippen molar-refractivity contribution < 1.29 is 18.7 Å². The molecule has 2 aliphatic heterocycles. The fourth-order valence-corrected chi connectivity index (χ4v) is 4.88. The molecule has 0 unspecified atom stereocenters. The van der Waals surface area contributed by atoms with Gasteiger partial charge in [0.1, 0.15) is 17.6 Å². The number of nitrogens with zero attached hydrogens (tertiary/aromatic N) is 1. The number of halogens is 1. The van der Waals surface area contributed by atoms with Crippen molar-refractivity contribution in [3.8, 4) is 5.75 Å². The van der Waals surface area contributed by atoms with E-state index in [1.54, 1.807) is 6.07 Å². The molecule has 2 fully saturated rings. The molecule has 1 aromatic heterocycles. The summed E-state index contributed by atoms with van der Waals surface area (Å²) in [7, 11) is 0. The summed E-state index contributed by atoms with van der Waals surface area (Å²) in [6, 6.07) is 13.6. The van der Waals surface area contributed by atoms with Crippen molar-refractivity contribution in [1.82, 2.24) is 20.9 Å². The van der Waals surface area contributed by atoms with Crippen LogP contribution in [0.15, 0.2) is 48.5 Å². The van der Waals surface area contributed by atoms with Gasteiger partial charge in [-0.25, -0.2) is 9.18 Å². The molecule has 0 spiro atoms. The molecule has 2 aromatic carbocycles. The standard InChI is InChI=1S/C25H23FN4O3/c26-18-12-20-15(7-10-33-20)11-16(18)17-13-27-23(31)22(17)29-24(32)30-25(8-9-25)21-6-5-14-3-1-2-4-19(14)28-21/h1-6,11-12,17,22H,7-10,13H2,(H,27,31)(H2,29,30,32)/t17-,22-/m0/s1. The number of benzene rings is 2. The second-order valence-electron chi connectivity index (χ2n) is 8.98. The van der Waals surface area contributed by atoms with Gasteiger partial charge in [0.25, 0.3) is 0 Å². The van der Waals surface area contributed by atoms with E-state index in [9.17, 15) is 14.0 Å². The van der Waals surface area contributed by atoms with Gasteiger partial charge in [-0.15, -0.1) is 0 Å². The Morgan fingerprint density at radius 1 is 1.18 bits per heavy atom. The van der Waals surface area contributed by atoms with Crippen LogP contribution in [0.1, 0.15) is 35.6 Å². The van der Waals surface area contributed by atoms with Crippen molar-refractivity contribution in [3.63, 3.8) is 0 Å². The summed E-state index contributed by atoms with van der Waals surface area (Å²) in [5.41, 5.74) is 2.46. The molecular weight excluding hydrogens is 423 g/mol. The van der Waals surface area contributed by atoms with Gasteiger partial charge in [-0.2, -0.15) is 0 Å². The van der Waals surface area contributed by atoms with Crippen LogP contribution in [0, 0.1) is 5.82 Å². The molecule has 1 saturated heterocycles. The predicted molar refractivity (Wildman–Crippen MR) is 119 cm³/mol. The number of aromatic nitrogens is 1. The highest BCUT2D eigenvalue weighted by Crippen LogP contribution is 2.45. The van der Waals surface area contributed by atoms with Crippen molar-refractivity contribution >= 4 is 22.8 Å². The summed E-state index contributed by atoms with van der Waals surface area (Å²) in [4.78, 5) is 30.2. The molecule has 3 N–H and O–H groups in total. The molecule has 3 amide bonds. The van der Waals surface area contributed by atoms with E-state index in [-0.39, 0.29) is 12.5 Å². The second-order valence-corrected chi connectivity index (χ2v) is 8.98. The topological polar surface area (TPSA) is 92.4 Å². The molecule has 33 heavy (non-hydrogen) atoms. The number of urea groups is 1. The van der Waals surface area contributed by atoms with Crippen molar-refractivity contribution in [3.05, 3.63) is 71.2 Å². The average molecular weight is 446 g/mol. The number of fused-ring (bicyclic) bond motifs is 2. The largest absolute Gasteiger partial charge is 0.493 e. The van der Waals surface area contributed by atoms with E-state index in [4.69, 9.17) is 9.72 Å². The van der Waals surface area contributed by atoms with Crippen molar-refractivity contribution in [2.45, 2.75) is 36.8 Å². The van der Waals surface area contributed by atoms with Gasteiger partial charge in [0.05, 0.1) is 23.4 Å². The Kier molecular flexibility index (Phi) is 4.50. The second kappa shape index (κ2) is 7.43. The number of rotatable bonds is 4. The van der Waals surface area contributed by atoms with Crippen LogP contribution in [-0.4, -0.2) is 36.1 Å². The lowest BCUT2D eigenvalue weighted by atomic mass is 9.91. The van der Waals surface area contributed by atoms with E-state index < -0.39 is 29.3 Å². The van der Waals surface area contributed by atoms with Gasteiger partial charge in [0.2, 0.25) is 5.91 Å². The highest BCUT2D eigenvalue weighted by atomic mass is 19.1. The normalized spacial score (nSPS) is 22.4. The first-order valence-corrected chi connectivity index (χ1v) is 11.2. The number of carbonyl (C=O) groups is 2. The van der Waals surface area contributed by atoms with Gasteiger partial charge in [0, 0.05) is 30.3 Å². The number of hydrogen-bond acceptors (Lipinski definition) is 4. The van der Waals surface area contributed by atoms with Crippen molar-refractivity contribution in [2.75, 3.05) is 13.2 Å². The number of amides is 3. The third kappa shape index (κ3) is 3.46. The van der Waals surface area contributed by atoms with Crippen LogP contribution in [0.5, 0.6) is 5.75 Å². The van der Waals surface area contributed by atoms with Gasteiger partial charge < -0.3 is 20.7 Å². The van der Waals surface area contributed by atoms with Crippen LogP contribution >= 0.6 is 0 Å². The zero-order valence-corrected chi connectivity index (χ0v) is 17.9. The molecule has 3 aromatic rings. The summed E-state index contributed by atoms with van der Waals surface area (Å²) in [6.45, 7) is 0.784. The molecule has 8 heteroatoms. The number of hydrogen-bond donors (Lipinski definition) is 3. The Balaban J connectivity index is 1.21. The minimum atomic E-state index is -0.861. The number of ether oxygens (including phenoxy) is 1. The summed E-state index contributed by atoms with van der Waals surface area (Å²) >= 11 is 0. The fourth-order valence-electron chi connectivity index (χ4n) is 4.88. The first-order chi connectivity index (χ1) is 16.0. The Bertz CT molecular complexity index is 1290. The van der Waals surface area contributed by atoms with E-state index >= 15 is 0 Å². The number of pyridine rings is 1. The molecule has 3 heterocycles. The van der Waals surface area contributed by atoms with Crippen LogP contribution in [-0.2, 0) is 16.8 Å². The third-order valence-electron chi connectivity index (χ3n) is 6.87. The zero-order valence-electron chi connectivity index (χ0n) is 17.9. The smallest absolute Gasteiger partial charge is 0.316 e. The molecule has 0 radical (unpaired) electrons. The predicted octanol–water partition coefficient (Wildman–Crippen LogP) is 2.88. The summed E-state index contributed by atoms with van der Waals surface area (Å²) in [5.74, 6) is -0.694. The maximum absolute atomic E-state index is 14.8. The monoisotopic (exact) mass is 446 g/mol. The van der Waals surface area contributed by atoms with Crippen LogP contribution in [0.4, 0.5) is 9.18 Å². The van der Waals surface area contributed by atoms with Gasteiger partial charge >= 0.3 is 6.03 Å². The number of nitrogens with one attached hydrogen (secondary N) is 3. The SMILES string of the molecule is O=C(N[C@@H]1C(=O)NC[C@H]1c1cc2c(cc1F)OCC2)NC1(c2ccc3ccccc3n2)CC1. The Hall–Kier alpha value is -3.68. The highest BCUT2D eigenvalue weighted by Gasteiger charge is 2.48. The quantitative estimate of drug-likeness (QED) is 0.575. The van der Waals surface area contributed by atoms with Crippen molar-refractivity contribution in [1.29, 1.82) is 0 Å². The first kappa shape index (κ1) is 20.0. The molecule has 3 aliphatic rings. The zero-order chi connectivity index (χ0) is 22.6. The molecule has 6 rings (SSSR count). The molecular formula is C25H23FN4O3. The Morgan fingerprint density at radius 3 is 2.88 bits per heavy atom. The number of para-hydroxylation sites is 1. The van der Waals surface area contributed by atoms with Gasteiger partial charge in [-0.1, -0.05) is 24.3 Å². The van der Waals surface area contributed by atoms with Crippen LogP contribution in [0.3, 0.4) is 0 Å². The molecule has 1 aliphatic carbocycles. The van der Waals surface area contributed by atoms with Gasteiger partial charge in [0.15, 0.2) is 0 Å². The Morgan fingerprint density at radius 2 is 2.03 bits per heavy atom. The van der Waals surface area contributed by atoms with E-state index in [2.05, 4.69) is 16.0 Å². The summed E-state index contributed by atoms with van der Waals surface area (Å²) in [5, 5.41) is 9.60. The fraction of sp³-hybridized carbons (Fsp3) is 0.320. The average Bonchev–Trinajstić information content (AvgIpc) is 3.30. The minimum Gasteiger partial charge on any atom is -0.493 e. The minimum absolute atomic E-state index is 0.262. The van der Waals surface area contributed by atoms with Crippen LogP contribution in [0.2, 0.25) is 0 Å². The Labute approximate surface area is 189 Å². The molecule has 168 valence electrons. The van der Waals surface area contributed by atoms with E-state index in [1.165, 1.54) is 6.07 Å². The number of carbonyl (C=O) groups excluding carboxylic acids is 2. The molecule has 7 nitrogen and oxygen atoms in total. The molecule has 1 saturated carbocycles. The third-order valence-corrected chi connectivity index (χ3v) is 6.87. The summed E-state index contributed by atoms with van der Waals surface area (Å²) in [6.07, 6.45) is 2.24. The van der Waals surface area contributed by atoms with Crippen LogP contribution < -0.4 is 20.7 Å².